The highest BCUT2D eigenvalue weighted by atomic mass is 32.2. The van der Waals surface area contributed by atoms with Gasteiger partial charge in [-0.15, -0.1) is 0 Å². The lowest BCUT2D eigenvalue weighted by atomic mass is 9.97. The molecule has 2 aromatic rings. The zero-order valence-corrected chi connectivity index (χ0v) is 13.6. The topological polar surface area (TPSA) is 64.5 Å². The monoisotopic (exact) mass is 302 g/mol. The van der Waals surface area contributed by atoms with Gasteiger partial charge in [-0.25, -0.2) is 4.98 Å². The Labute approximate surface area is 130 Å². The van der Waals surface area contributed by atoms with Gasteiger partial charge in [-0.2, -0.15) is 5.26 Å². The maximum atomic E-state index is 9.31. The fourth-order valence-corrected chi connectivity index (χ4v) is 3.22. The molecule has 1 aromatic heterocycles. The van der Waals surface area contributed by atoms with Crippen molar-refractivity contribution in [3.05, 3.63) is 24.3 Å². The zero-order chi connectivity index (χ0) is 15.3. The van der Waals surface area contributed by atoms with Gasteiger partial charge in [0.1, 0.15) is 5.54 Å². The van der Waals surface area contributed by atoms with E-state index < -0.39 is 5.54 Å². The summed E-state index contributed by atoms with van der Waals surface area (Å²) in [6, 6.07) is 10.7. The van der Waals surface area contributed by atoms with Crippen LogP contribution in [-0.4, -0.2) is 27.3 Å². The highest BCUT2D eigenvalue weighted by Crippen LogP contribution is 2.22. The van der Waals surface area contributed by atoms with Gasteiger partial charge < -0.3 is 4.98 Å². The van der Waals surface area contributed by atoms with E-state index in [9.17, 15) is 5.26 Å². The number of nitrogens with one attached hydrogen (secondary N) is 2. The second kappa shape index (κ2) is 6.97. The second-order valence-electron chi connectivity index (χ2n) is 5.75. The molecule has 1 unspecified atom stereocenters. The van der Waals surface area contributed by atoms with E-state index >= 15 is 0 Å². The molecule has 5 heteroatoms. The molecule has 2 rings (SSSR count). The lowest BCUT2D eigenvalue weighted by molar-refractivity contribution is 0.380. The van der Waals surface area contributed by atoms with Crippen LogP contribution in [0.2, 0.25) is 0 Å². The summed E-state index contributed by atoms with van der Waals surface area (Å²) >= 11 is 1.71. The summed E-state index contributed by atoms with van der Waals surface area (Å²) in [5.41, 5.74) is 1.63. The van der Waals surface area contributed by atoms with Crippen molar-refractivity contribution in [3.8, 4) is 6.07 Å². The average Bonchev–Trinajstić information content (AvgIpc) is 2.85. The first-order valence-corrected chi connectivity index (χ1v) is 8.27. The van der Waals surface area contributed by atoms with Crippen LogP contribution in [0.5, 0.6) is 0 Å². The Morgan fingerprint density at radius 1 is 1.43 bits per heavy atom. The summed E-state index contributed by atoms with van der Waals surface area (Å²) in [5, 5.41) is 13.6. The number of benzene rings is 1. The Kier molecular flexibility index (Phi) is 5.27. The van der Waals surface area contributed by atoms with Gasteiger partial charge in [-0.05, 0) is 45.7 Å². The molecule has 0 radical (unpaired) electrons. The van der Waals surface area contributed by atoms with E-state index in [1.54, 1.807) is 11.8 Å². The molecule has 4 nitrogen and oxygen atoms in total. The smallest absolute Gasteiger partial charge is 0.166 e. The molecular formula is C16H22N4S. The van der Waals surface area contributed by atoms with Crippen LogP contribution in [0.4, 0.5) is 0 Å². The fraction of sp³-hybridized carbons (Fsp3) is 0.500. The minimum Gasteiger partial charge on any atom is -0.333 e. The van der Waals surface area contributed by atoms with Crippen LogP contribution in [0.25, 0.3) is 11.0 Å². The lowest BCUT2D eigenvalue weighted by Crippen LogP contribution is -2.44. The van der Waals surface area contributed by atoms with E-state index in [1.165, 1.54) is 0 Å². The highest BCUT2D eigenvalue weighted by molar-refractivity contribution is 7.99. The van der Waals surface area contributed by atoms with Gasteiger partial charge in [-0.3, -0.25) is 5.32 Å². The first kappa shape index (κ1) is 15.9. The van der Waals surface area contributed by atoms with Crippen molar-refractivity contribution < 1.29 is 0 Å². The number of aromatic amines is 1. The molecule has 0 saturated heterocycles. The molecule has 0 aliphatic rings. The molecule has 0 aliphatic carbocycles. The molecule has 0 fully saturated rings. The number of para-hydroxylation sites is 2. The van der Waals surface area contributed by atoms with Crippen molar-refractivity contribution in [2.75, 3.05) is 5.75 Å². The lowest BCUT2D eigenvalue weighted by Gasteiger charge is -2.25. The van der Waals surface area contributed by atoms with E-state index in [2.05, 4.69) is 35.2 Å². The Morgan fingerprint density at radius 2 is 2.19 bits per heavy atom. The molecule has 1 aromatic carbocycles. The van der Waals surface area contributed by atoms with Crippen LogP contribution in [0, 0.1) is 11.3 Å². The van der Waals surface area contributed by atoms with Gasteiger partial charge in [-0.1, -0.05) is 23.9 Å². The van der Waals surface area contributed by atoms with Crippen molar-refractivity contribution in [2.45, 2.75) is 50.4 Å². The average molecular weight is 302 g/mol. The number of fused-ring (bicyclic) bond motifs is 1. The Hall–Kier alpha value is -1.51. The number of aromatic nitrogens is 2. The van der Waals surface area contributed by atoms with Gasteiger partial charge in [0.15, 0.2) is 5.16 Å². The highest BCUT2D eigenvalue weighted by Gasteiger charge is 2.23. The number of rotatable bonds is 7. The molecule has 2 N–H and O–H groups in total. The maximum Gasteiger partial charge on any atom is 0.166 e. The number of imidazole rings is 1. The van der Waals surface area contributed by atoms with Gasteiger partial charge in [0.2, 0.25) is 0 Å². The van der Waals surface area contributed by atoms with Crippen LogP contribution in [0.3, 0.4) is 0 Å². The van der Waals surface area contributed by atoms with E-state index in [0.29, 0.717) is 6.04 Å². The SMILES string of the molecule is CC(C)NC(C)(C#N)CCCSc1nc2ccccc2[nH]1. The Balaban J connectivity index is 1.83. The zero-order valence-electron chi connectivity index (χ0n) is 12.8. The van der Waals surface area contributed by atoms with Crippen molar-refractivity contribution >= 4 is 22.8 Å². The first-order valence-electron chi connectivity index (χ1n) is 7.29. The van der Waals surface area contributed by atoms with Gasteiger partial charge >= 0.3 is 0 Å². The number of nitrogens with zero attached hydrogens (tertiary/aromatic N) is 2. The van der Waals surface area contributed by atoms with Crippen molar-refractivity contribution in [1.29, 1.82) is 5.26 Å². The molecule has 0 spiro atoms. The van der Waals surface area contributed by atoms with Crippen LogP contribution >= 0.6 is 11.8 Å². The van der Waals surface area contributed by atoms with Crippen LogP contribution in [-0.2, 0) is 0 Å². The molecule has 0 bridgehead atoms. The normalized spacial score (nSPS) is 14.2. The maximum absolute atomic E-state index is 9.31. The predicted octanol–water partition coefficient (Wildman–Crippen LogP) is 3.72. The van der Waals surface area contributed by atoms with Gasteiger partial charge in [0.25, 0.3) is 0 Å². The third-order valence-electron chi connectivity index (χ3n) is 3.28. The summed E-state index contributed by atoms with van der Waals surface area (Å²) < 4.78 is 0. The van der Waals surface area contributed by atoms with Crippen molar-refractivity contribution in [2.24, 2.45) is 0 Å². The fourth-order valence-electron chi connectivity index (χ4n) is 2.39. The van der Waals surface area contributed by atoms with E-state index in [-0.39, 0.29) is 0 Å². The van der Waals surface area contributed by atoms with Crippen molar-refractivity contribution in [3.63, 3.8) is 0 Å². The van der Waals surface area contributed by atoms with Gasteiger partial charge in [0.05, 0.1) is 17.1 Å². The second-order valence-corrected chi connectivity index (χ2v) is 6.84. The van der Waals surface area contributed by atoms with E-state index in [1.807, 2.05) is 31.2 Å². The molecule has 1 atom stereocenters. The molecular weight excluding hydrogens is 280 g/mol. The molecule has 0 saturated carbocycles. The first-order chi connectivity index (χ1) is 10.0. The number of H-pyrrole nitrogens is 1. The predicted molar refractivity (Wildman–Crippen MR) is 88.3 cm³/mol. The number of hydrogen-bond acceptors (Lipinski definition) is 4. The summed E-state index contributed by atoms with van der Waals surface area (Å²) in [6.07, 6.45) is 1.82. The summed E-state index contributed by atoms with van der Waals surface area (Å²) in [4.78, 5) is 7.85. The standard InChI is InChI=1S/C16H22N4S/c1-12(2)20-16(3,11-17)9-6-10-21-15-18-13-7-4-5-8-14(13)19-15/h4-5,7-8,12,20H,6,9-10H2,1-3H3,(H,18,19). The van der Waals surface area contributed by atoms with Gasteiger partial charge in [0, 0.05) is 11.8 Å². The number of thioether (sulfide) groups is 1. The minimum atomic E-state index is -0.442. The third-order valence-corrected chi connectivity index (χ3v) is 4.24. The largest absolute Gasteiger partial charge is 0.333 e. The van der Waals surface area contributed by atoms with Crippen LogP contribution in [0.15, 0.2) is 29.4 Å². The molecule has 1 heterocycles. The number of hydrogen-bond donors (Lipinski definition) is 2. The number of nitriles is 1. The molecule has 112 valence electrons. The Morgan fingerprint density at radius 3 is 2.86 bits per heavy atom. The minimum absolute atomic E-state index is 0.317. The quantitative estimate of drug-likeness (QED) is 0.604. The van der Waals surface area contributed by atoms with E-state index in [4.69, 9.17) is 0 Å². The summed E-state index contributed by atoms with van der Waals surface area (Å²) in [5.74, 6) is 0.955. The third kappa shape index (κ3) is 4.48. The molecule has 0 aliphatic heterocycles. The van der Waals surface area contributed by atoms with E-state index in [0.717, 1.165) is 34.8 Å². The summed E-state index contributed by atoms with van der Waals surface area (Å²) in [7, 11) is 0. The van der Waals surface area contributed by atoms with Crippen LogP contribution in [0.1, 0.15) is 33.6 Å². The molecule has 0 amide bonds. The molecule has 21 heavy (non-hydrogen) atoms. The van der Waals surface area contributed by atoms with Crippen LogP contribution < -0.4 is 5.32 Å². The van der Waals surface area contributed by atoms with Crippen molar-refractivity contribution in [1.82, 2.24) is 15.3 Å². The Bertz CT molecular complexity index is 595. The summed E-state index contributed by atoms with van der Waals surface area (Å²) in [6.45, 7) is 6.11.